The number of thiocarbonyl (C=S) groups is 1. The molecule has 0 N–H and O–H groups in total. The minimum atomic E-state index is -0.130. The highest BCUT2D eigenvalue weighted by molar-refractivity contribution is 8.27. The summed E-state index contributed by atoms with van der Waals surface area (Å²) >= 11 is 12.7. The van der Waals surface area contributed by atoms with Gasteiger partial charge in [-0.2, -0.15) is 0 Å². The van der Waals surface area contributed by atoms with Gasteiger partial charge in [0.1, 0.15) is 0 Å². The molecule has 132 valence electrons. The molecule has 1 saturated heterocycles. The molecule has 0 radical (unpaired) electrons. The fourth-order valence-electron chi connectivity index (χ4n) is 2.45. The molecule has 1 heterocycles. The van der Waals surface area contributed by atoms with Crippen LogP contribution >= 0.6 is 35.6 Å². The summed E-state index contributed by atoms with van der Waals surface area (Å²) in [6, 6.07) is 15.3. The molecule has 6 heteroatoms. The van der Waals surface area contributed by atoms with Crippen molar-refractivity contribution in [1.29, 1.82) is 0 Å². The first-order valence-electron chi connectivity index (χ1n) is 7.93. The second kappa shape index (κ2) is 8.08. The van der Waals surface area contributed by atoms with E-state index < -0.39 is 0 Å². The van der Waals surface area contributed by atoms with Gasteiger partial charge in [0.2, 0.25) is 0 Å². The van der Waals surface area contributed by atoms with Crippen molar-refractivity contribution in [3.8, 4) is 0 Å². The Balaban J connectivity index is 1.75. The number of hydrogen-bond acceptors (Lipinski definition) is 4. The summed E-state index contributed by atoms with van der Waals surface area (Å²) in [4.78, 5) is 16.8. The van der Waals surface area contributed by atoms with Gasteiger partial charge < -0.3 is 4.90 Å². The Morgan fingerprint density at radius 2 is 1.88 bits per heavy atom. The first-order chi connectivity index (χ1) is 12.5. The van der Waals surface area contributed by atoms with Gasteiger partial charge in [0.15, 0.2) is 4.32 Å². The lowest BCUT2D eigenvalue weighted by Gasteiger charge is -2.14. The molecule has 0 aliphatic carbocycles. The number of rotatable bonds is 4. The zero-order valence-electron chi connectivity index (χ0n) is 14.3. The Hall–Kier alpha value is -2.08. The lowest BCUT2D eigenvalue weighted by molar-refractivity contribution is -0.113. The molecule has 0 bridgehead atoms. The summed E-state index contributed by atoms with van der Waals surface area (Å²) in [6.07, 6.45) is 5.63. The third-order valence-electron chi connectivity index (χ3n) is 3.81. The lowest BCUT2D eigenvalue weighted by Crippen LogP contribution is -2.27. The van der Waals surface area contributed by atoms with Gasteiger partial charge in [0, 0.05) is 24.8 Å². The maximum absolute atomic E-state index is 12.7. The average molecular weight is 401 g/mol. The van der Waals surface area contributed by atoms with E-state index in [-0.39, 0.29) is 5.91 Å². The minimum absolute atomic E-state index is 0.130. The number of carbonyl (C=O) groups excluding carboxylic acids is 1. The van der Waals surface area contributed by atoms with E-state index in [1.54, 1.807) is 24.3 Å². The zero-order valence-corrected chi connectivity index (χ0v) is 16.7. The van der Waals surface area contributed by atoms with Gasteiger partial charge >= 0.3 is 0 Å². The fourth-order valence-corrected chi connectivity index (χ4v) is 3.88. The molecule has 1 aliphatic rings. The van der Waals surface area contributed by atoms with Crippen LogP contribution in [0, 0.1) is 0 Å². The molecule has 0 saturated carbocycles. The molecule has 2 aromatic rings. The molecule has 3 rings (SSSR count). The van der Waals surface area contributed by atoms with E-state index in [9.17, 15) is 4.79 Å². The Morgan fingerprint density at radius 3 is 2.54 bits per heavy atom. The van der Waals surface area contributed by atoms with Crippen LogP contribution in [0.3, 0.4) is 0 Å². The molecule has 3 nitrogen and oxygen atoms in total. The van der Waals surface area contributed by atoms with E-state index in [4.69, 9.17) is 23.8 Å². The highest BCUT2D eigenvalue weighted by Crippen LogP contribution is 2.35. The van der Waals surface area contributed by atoms with Crippen molar-refractivity contribution in [2.24, 2.45) is 0 Å². The van der Waals surface area contributed by atoms with Crippen LogP contribution in [0.15, 0.2) is 65.6 Å². The Labute approximate surface area is 167 Å². The van der Waals surface area contributed by atoms with Gasteiger partial charge in [0.25, 0.3) is 5.91 Å². The minimum Gasteiger partial charge on any atom is -0.378 e. The molecular formula is C20H17ClN2OS2. The fraction of sp³-hybridized carbons (Fsp3) is 0.100. The average Bonchev–Trinajstić information content (AvgIpc) is 2.89. The summed E-state index contributed by atoms with van der Waals surface area (Å²) in [5.74, 6) is -0.130. The Morgan fingerprint density at radius 1 is 1.15 bits per heavy atom. The highest BCUT2D eigenvalue weighted by Gasteiger charge is 2.32. The van der Waals surface area contributed by atoms with E-state index in [2.05, 4.69) is 17.0 Å². The molecule has 0 atom stereocenters. The summed E-state index contributed by atoms with van der Waals surface area (Å²) in [7, 11) is 4.01. The predicted molar refractivity (Wildman–Crippen MR) is 117 cm³/mol. The standard InChI is InChI=1S/C20H17ClN2OS2/c1-22(2)16-11-9-14(10-12-16)5-3-8-18-19(24)23(20(25)26-18)17-7-4-6-15(21)13-17/h3-13H,1-2H3/b5-3+,18-8+. The normalized spacial score (nSPS) is 16.1. The van der Waals surface area contributed by atoms with Crippen molar-refractivity contribution < 1.29 is 4.79 Å². The first kappa shape index (κ1) is 18.7. The number of anilines is 2. The third kappa shape index (κ3) is 4.18. The molecule has 26 heavy (non-hydrogen) atoms. The van der Waals surface area contributed by atoms with Crippen LogP contribution in [0.5, 0.6) is 0 Å². The maximum Gasteiger partial charge on any atom is 0.270 e. The van der Waals surface area contributed by atoms with Crippen LogP contribution in [0.1, 0.15) is 5.56 Å². The van der Waals surface area contributed by atoms with E-state index >= 15 is 0 Å². The van der Waals surface area contributed by atoms with Gasteiger partial charge in [-0.3, -0.25) is 9.69 Å². The molecule has 0 spiro atoms. The van der Waals surface area contributed by atoms with Crippen LogP contribution in [0.25, 0.3) is 6.08 Å². The van der Waals surface area contributed by atoms with Crippen molar-refractivity contribution in [2.75, 3.05) is 23.9 Å². The molecule has 1 amide bonds. The van der Waals surface area contributed by atoms with Gasteiger partial charge in [0.05, 0.1) is 10.6 Å². The van der Waals surface area contributed by atoms with Crippen molar-refractivity contribution in [3.05, 3.63) is 76.2 Å². The van der Waals surface area contributed by atoms with Crippen molar-refractivity contribution in [3.63, 3.8) is 0 Å². The van der Waals surface area contributed by atoms with Crippen LogP contribution in [0.4, 0.5) is 11.4 Å². The molecule has 2 aromatic carbocycles. The van der Waals surface area contributed by atoms with Crippen molar-refractivity contribution in [1.82, 2.24) is 0 Å². The largest absolute Gasteiger partial charge is 0.378 e. The predicted octanol–water partition coefficient (Wildman–Crippen LogP) is 5.37. The lowest BCUT2D eigenvalue weighted by atomic mass is 10.2. The van der Waals surface area contributed by atoms with Gasteiger partial charge in [-0.25, -0.2) is 0 Å². The number of carbonyl (C=O) groups is 1. The van der Waals surface area contributed by atoms with Crippen molar-refractivity contribution in [2.45, 2.75) is 0 Å². The summed E-state index contributed by atoms with van der Waals surface area (Å²) in [5.41, 5.74) is 2.90. The topological polar surface area (TPSA) is 23.6 Å². The van der Waals surface area contributed by atoms with E-state index in [1.807, 2.05) is 44.4 Å². The second-order valence-corrected chi connectivity index (χ2v) is 7.98. The van der Waals surface area contributed by atoms with Gasteiger partial charge in [-0.05, 0) is 42.0 Å². The molecule has 1 fully saturated rings. The summed E-state index contributed by atoms with van der Waals surface area (Å²) in [6.45, 7) is 0. The monoisotopic (exact) mass is 400 g/mol. The molecule has 0 aromatic heterocycles. The highest BCUT2D eigenvalue weighted by atomic mass is 35.5. The quantitative estimate of drug-likeness (QED) is 0.508. The number of hydrogen-bond donors (Lipinski definition) is 0. The van der Waals surface area contributed by atoms with Gasteiger partial charge in [-0.1, -0.05) is 65.9 Å². The van der Waals surface area contributed by atoms with Crippen LogP contribution in [-0.4, -0.2) is 24.3 Å². The number of thioether (sulfide) groups is 1. The maximum atomic E-state index is 12.7. The van der Waals surface area contributed by atoms with E-state index in [0.29, 0.717) is 19.9 Å². The number of nitrogens with zero attached hydrogens (tertiary/aromatic N) is 2. The third-order valence-corrected chi connectivity index (χ3v) is 5.36. The Bertz CT molecular complexity index is 904. The molecule has 0 unspecified atom stereocenters. The van der Waals surface area contributed by atoms with E-state index in [1.165, 1.54) is 16.7 Å². The van der Waals surface area contributed by atoms with E-state index in [0.717, 1.165) is 11.3 Å². The molecular weight excluding hydrogens is 384 g/mol. The zero-order chi connectivity index (χ0) is 18.7. The SMILES string of the molecule is CN(C)c1ccc(/C=C/C=C2/SC(=S)N(c3cccc(Cl)c3)C2=O)cc1. The summed E-state index contributed by atoms with van der Waals surface area (Å²) in [5, 5.41) is 0.571. The first-order valence-corrected chi connectivity index (χ1v) is 9.53. The summed E-state index contributed by atoms with van der Waals surface area (Å²) < 4.78 is 0.507. The van der Waals surface area contributed by atoms with Crippen molar-refractivity contribution >= 4 is 63.3 Å². The van der Waals surface area contributed by atoms with Crippen LogP contribution in [-0.2, 0) is 4.79 Å². The smallest absolute Gasteiger partial charge is 0.270 e. The number of amides is 1. The molecule has 1 aliphatic heterocycles. The Kier molecular flexibility index (Phi) is 5.81. The second-order valence-electron chi connectivity index (χ2n) is 5.86. The van der Waals surface area contributed by atoms with Crippen LogP contribution < -0.4 is 9.80 Å². The van der Waals surface area contributed by atoms with Gasteiger partial charge in [-0.15, -0.1) is 0 Å². The van der Waals surface area contributed by atoms with Crippen LogP contribution in [0.2, 0.25) is 5.02 Å². The number of benzene rings is 2. The number of halogens is 1. The number of allylic oxidation sites excluding steroid dienone is 2.